The first-order chi connectivity index (χ1) is 11.9. The van der Waals surface area contributed by atoms with Crippen LogP contribution in [-0.2, 0) is 14.6 Å². The average Bonchev–Trinajstić information content (AvgIpc) is 3.04. The van der Waals surface area contributed by atoms with Gasteiger partial charge in [0, 0.05) is 12.1 Å². The molecular formula is C17H17N3O4S. The molecule has 0 fully saturated rings. The zero-order chi connectivity index (χ0) is 18.0. The molecule has 0 atom stereocenters. The molecule has 7 nitrogen and oxygen atoms in total. The summed E-state index contributed by atoms with van der Waals surface area (Å²) in [5.41, 5.74) is 3.23. The van der Waals surface area contributed by atoms with Gasteiger partial charge in [0.15, 0.2) is 15.4 Å². The molecule has 25 heavy (non-hydrogen) atoms. The Hall–Kier alpha value is -2.74. The van der Waals surface area contributed by atoms with E-state index in [2.05, 4.69) is 20.3 Å². The number of hydrogen-bond acceptors (Lipinski definition) is 6. The molecular weight excluding hydrogens is 342 g/mol. The minimum absolute atomic E-state index is 0.0190. The molecule has 0 saturated heterocycles. The monoisotopic (exact) mass is 359 g/mol. The largest absolute Gasteiger partial charge is 0.326 e. The van der Waals surface area contributed by atoms with Crippen LogP contribution in [0.2, 0.25) is 0 Å². The molecule has 1 amide bonds. The second-order valence-electron chi connectivity index (χ2n) is 5.82. The molecule has 130 valence electrons. The summed E-state index contributed by atoms with van der Waals surface area (Å²) in [6.45, 7) is 3.85. The van der Waals surface area contributed by atoms with Gasteiger partial charge in [0.25, 0.3) is 0 Å². The first-order valence-electron chi connectivity index (χ1n) is 7.68. The quantitative estimate of drug-likeness (QED) is 0.751. The van der Waals surface area contributed by atoms with Gasteiger partial charge in [-0.1, -0.05) is 23.8 Å². The number of nitrogens with one attached hydrogen (secondary N) is 1. The highest BCUT2D eigenvalue weighted by molar-refractivity contribution is 7.91. The van der Waals surface area contributed by atoms with Crippen molar-refractivity contribution in [1.29, 1.82) is 0 Å². The molecule has 0 bridgehead atoms. The van der Waals surface area contributed by atoms with Crippen LogP contribution in [0.1, 0.15) is 17.5 Å². The number of rotatable bonds is 5. The van der Waals surface area contributed by atoms with Crippen LogP contribution < -0.4 is 5.32 Å². The molecule has 0 radical (unpaired) electrons. The summed E-state index contributed by atoms with van der Waals surface area (Å²) in [6.07, 6.45) is -0.155. The number of amides is 1. The smallest absolute Gasteiger partial charge is 0.225 e. The number of benzene rings is 2. The van der Waals surface area contributed by atoms with E-state index in [0.717, 1.165) is 11.1 Å². The molecule has 3 rings (SSSR count). The molecule has 1 aromatic heterocycles. The van der Waals surface area contributed by atoms with Crippen molar-refractivity contribution in [3.05, 3.63) is 47.5 Å². The fourth-order valence-electron chi connectivity index (χ4n) is 2.54. The van der Waals surface area contributed by atoms with Gasteiger partial charge in [0.1, 0.15) is 5.52 Å². The topological polar surface area (TPSA) is 102 Å². The van der Waals surface area contributed by atoms with Crippen LogP contribution in [0.4, 0.5) is 5.69 Å². The number of nitrogens with zero attached hydrogens (tertiary/aromatic N) is 2. The summed E-state index contributed by atoms with van der Waals surface area (Å²) in [5.74, 6) is -0.684. The number of aromatic nitrogens is 2. The first kappa shape index (κ1) is 17.1. The molecule has 0 spiro atoms. The average molecular weight is 359 g/mol. The number of anilines is 1. The number of aryl methyl sites for hydroxylation is 2. The Morgan fingerprint density at radius 3 is 2.72 bits per heavy atom. The van der Waals surface area contributed by atoms with Crippen LogP contribution in [0.15, 0.2) is 45.9 Å². The normalized spacial score (nSPS) is 11.6. The Kier molecular flexibility index (Phi) is 4.54. The molecule has 0 saturated carbocycles. The highest BCUT2D eigenvalue weighted by Gasteiger charge is 2.21. The number of fused-ring (bicyclic) bond motifs is 1. The van der Waals surface area contributed by atoms with E-state index in [1.165, 1.54) is 6.07 Å². The molecule has 1 heterocycles. The maximum Gasteiger partial charge on any atom is 0.225 e. The van der Waals surface area contributed by atoms with E-state index in [1.807, 2.05) is 26.0 Å². The predicted octanol–water partition coefficient (Wildman–Crippen LogP) is 2.64. The van der Waals surface area contributed by atoms with Crippen molar-refractivity contribution in [3.63, 3.8) is 0 Å². The van der Waals surface area contributed by atoms with Gasteiger partial charge in [-0.25, -0.2) is 13.0 Å². The number of carbonyl (C=O) groups is 1. The van der Waals surface area contributed by atoms with E-state index < -0.39 is 9.84 Å². The van der Waals surface area contributed by atoms with E-state index in [4.69, 9.17) is 0 Å². The fourth-order valence-corrected chi connectivity index (χ4v) is 3.93. The van der Waals surface area contributed by atoms with E-state index in [1.54, 1.807) is 18.2 Å². The van der Waals surface area contributed by atoms with E-state index in [-0.39, 0.29) is 28.5 Å². The van der Waals surface area contributed by atoms with E-state index in [0.29, 0.717) is 11.2 Å². The minimum Gasteiger partial charge on any atom is -0.326 e. The van der Waals surface area contributed by atoms with E-state index in [9.17, 15) is 13.2 Å². The van der Waals surface area contributed by atoms with Crippen LogP contribution >= 0.6 is 0 Å². The number of hydrogen-bond donors (Lipinski definition) is 1. The summed E-state index contributed by atoms with van der Waals surface area (Å²) in [5, 5.41) is 10.0. The molecule has 0 aliphatic rings. The van der Waals surface area contributed by atoms with Gasteiger partial charge in [-0.2, -0.15) is 0 Å². The van der Waals surface area contributed by atoms with Crippen molar-refractivity contribution in [2.45, 2.75) is 25.2 Å². The molecule has 1 N–H and O–H groups in total. The summed E-state index contributed by atoms with van der Waals surface area (Å²) in [4.78, 5) is 12.1. The van der Waals surface area contributed by atoms with E-state index >= 15 is 0 Å². The highest BCUT2D eigenvalue weighted by Crippen LogP contribution is 2.22. The molecule has 3 aromatic rings. The van der Waals surface area contributed by atoms with Crippen LogP contribution in [0, 0.1) is 13.8 Å². The molecule has 0 aliphatic carbocycles. The number of carbonyl (C=O) groups excluding carboxylic acids is 1. The van der Waals surface area contributed by atoms with Crippen molar-refractivity contribution in [1.82, 2.24) is 10.3 Å². The summed E-state index contributed by atoms with van der Waals surface area (Å²) >= 11 is 0. The van der Waals surface area contributed by atoms with Crippen LogP contribution in [0.25, 0.3) is 11.0 Å². The van der Waals surface area contributed by atoms with Crippen molar-refractivity contribution in [3.8, 4) is 0 Å². The minimum atomic E-state index is -3.68. The summed E-state index contributed by atoms with van der Waals surface area (Å²) in [6, 6.07) is 10.2. The van der Waals surface area contributed by atoms with Gasteiger partial charge < -0.3 is 5.32 Å². The SMILES string of the molecule is Cc1ccc(NC(=O)CCS(=O)(=O)c2cccc3nonc23)c(C)c1. The Balaban J connectivity index is 1.72. The van der Waals surface area contributed by atoms with Gasteiger partial charge in [-0.15, -0.1) is 0 Å². The standard InChI is InChI=1S/C17H17N3O4S/c1-11-6-7-13(12(2)10-11)18-16(21)8-9-25(22,23)15-5-3-4-14-17(15)20-24-19-14/h3-7,10H,8-9H2,1-2H3,(H,18,21). The van der Waals surface area contributed by atoms with Crippen LogP contribution in [-0.4, -0.2) is 30.4 Å². The van der Waals surface area contributed by atoms with Crippen molar-refractivity contribution in [2.75, 3.05) is 11.1 Å². The van der Waals surface area contributed by atoms with Gasteiger partial charge >= 0.3 is 0 Å². The lowest BCUT2D eigenvalue weighted by Crippen LogP contribution is -2.18. The second kappa shape index (κ2) is 6.64. The summed E-state index contributed by atoms with van der Waals surface area (Å²) < 4.78 is 29.6. The van der Waals surface area contributed by atoms with Crippen LogP contribution in [0.3, 0.4) is 0 Å². The predicted molar refractivity (Wildman–Crippen MR) is 93.0 cm³/mol. The third-order valence-corrected chi connectivity index (χ3v) is 5.58. The lowest BCUT2D eigenvalue weighted by molar-refractivity contribution is -0.115. The third kappa shape index (κ3) is 3.69. The maximum absolute atomic E-state index is 12.5. The Labute approximate surface area is 144 Å². The second-order valence-corrected chi connectivity index (χ2v) is 7.90. The Morgan fingerprint density at radius 2 is 1.96 bits per heavy atom. The lowest BCUT2D eigenvalue weighted by Gasteiger charge is -2.09. The van der Waals surface area contributed by atoms with Gasteiger partial charge in [0.05, 0.1) is 10.6 Å². The van der Waals surface area contributed by atoms with Crippen molar-refractivity contribution < 1.29 is 17.8 Å². The van der Waals surface area contributed by atoms with Crippen molar-refractivity contribution >= 4 is 32.5 Å². The highest BCUT2D eigenvalue weighted by atomic mass is 32.2. The molecule has 2 aromatic carbocycles. The van der Waals surface area contributed by atoms with Gasteiger partial charge in [-0.3, -0.25) is 4.79 Å². The summed E-state index contributed by atoms with van der Waals surface area (Å²) in [7, 11) is -3.68. The first-order valence-corrected chi connectivity index (χ1v) is 9.33. The van der Waals surface area contributed by atoms with Crippen LogP contribution in [0.5, 0.6) is 0 Å². The Morgan fingerprint density at radius 1 is 1.16 bits per heavy atom. The molecule has 0 unspecified atom stereocenters. The Bertz CT molecular complexity index is 1040. The van der Waals surface area contributed by atoms with Gasteiger partial charge in [-0.05, 0) is 47.9 Å². The third-order valence-electron chi connectivity index (χ3n) is 3.84. The fraction of sp³-hybridized carbons (Fsp3) is 0.235. The van der Waals surface area contributed by atoms with Gasteiger partial charge in [0.2, 0.25) is 5.91 Å². The zero-order valence-electron chi connectivity index (χ0n) is 13.8. The van der Waals surface area contributed by atoms with Crippen molar-refractivity contribution in [2.24, 2.45) is 0 Å². The lowest BCUT2D eigenvalue weighted by atomic mass is 10.1. The molecule has 8 heteroatoms. The maximum atomic E-state index is 12.5. The number of sulfone groups is 1. The zero-order valence-corrected chi connectivity index (χ0v) is 14.6. The molecule has 0 aliphatic heterocycles.